The Labute approximate surface area is 120 Å². The average Bonchev–Trinajstić information content (AvgIpc) is 2.47. The highest BCUT2D eigenvalue weighted by Crippen LogP contribution is 2.11. The number of rotatable bonds is 4. The quantitative estimate of drug-likeness (QED) is 0.867. The largest absolute Gasteiger partial charge is 0.374 e. The van der Waals surface area contributed by atoms with Crippen LogP contribution in [0.15, 0.2) is 24.3 Å². The number of hydrogen-bond acceptors (Lipinski definition) is 3. The Hall–Kier alpha value is -1.59. The summed E-state index contributed by atoms with van der Waals surface area (Å²) in [6.07, 6.45) is 0.0616. The van der Waals surface area contributed by atoms with E-state index in [1.54, 1.807) is 7.05 Å². The van der Waals surface area contributed by atoms with Crippen molar-refractivity contribution in [1.29, 1.82) is 0 Å². The van der Waals surface area contributed by atoms with Crippen molar-refractivity contribution in [2.75, 3.05) is 33.3 Å². The molecular formula is C15H23N3O2. The third kappa shape index (κ3) is 4.51. The van der Waals surface area contributed by atoms with Gasteiger partial charge in [0.1, 0.15) is 0 Å². The zero-order valence-electron chi connectivity index (χ0n) is 12.2. The van der Waals surface area contributed by atoms with E-state index >= 15 is 0 Å². The van der Waals surface area contributed by atoms with Crippen LogP contribution in [0, 0.1) is 6.92 Å². The highest BCUT2D eigenvalue weighted by atomic mass is 16.5. The summed E-state index contributed by atoms with van der Waals surface area (Å²) < 4.78 is 5.68. The third-order valence-electron chi connectivity index (χ3n) is 3.47. The molecule has 0 saturated carbocycles. The van der Waals surface area contributed by atoms with Crippen molar-refractivity contribution in [1.82, 2.24) is 15.5 Å². The van der Waals surface area contributed by atoms with Gasteiger partial charge >= 0.3 is 6.03 Å². The normalized spacial score (nSPS) is 19.6. The van der Waals surface area contributed by atoms with Gasteiger partial charge in [-0.1, -0.05) is 29.8 Å². The van der Waals surface area contributed by atoms with Crippen LogP contribution in [0.4, 0.5) is 4.79 Å². The van der Waals surface area contributed by atoms with Crippen LogP contribution in [-0.4, -0.2) is 50.3 Å². The van der Waals surface area contributed by atoms with E-state index in [1.165, 1.54) is 11.1 Å². The number of hydrogen-bond donors (Lipinski definition) is 2. The van der Waals surface area contributed by atoms with E-state index in [2.05, 4.69) is 46.7 Å². The molecule has 0 aliphatic carbocycles. The number of ether oxygens (including phenoxy) is 1. The van der Waals surface area contributed by atoms with Crippen molar-refractivity contribution in [3.63, 3.8) is 0 Å². The average molecular weight is 277 g/mol. The van der Waals surface area contributed by atoms with Crippen LogP contribution in [0.2, 0.25) is 0 Å². The molecule has 2 rings (SSSR count). The van der Waals surface area contributed by atoms with E-state index in [4.69, 9.17) is 4.74 Å². The predicted octanol–water partition coefficient (Wildman–Crippen LogP) is 1.12. The molecule has 1 heterocycles. The van der Waals surface area contributed by atoms with Gasteiger partial charge in [-0.25, -0.2) is 4.79 Å². The van der Waals surface area contributed by atoms with Gasteiger partial charge in [0.25, 0.3) is 0 Å². The second-order valence-electron chi connectivity index (χ2n) is 5.17. The summed E-state index contributed by atoms with van der Waals surface area (Å²) in [5.41, 5.74) is 2.60. The fourth-order valence-electron chi connectivity index (χ4n) is 2.29. The van der Waals surface area contributed by atoms with Crippen molar-refractivity contribution in [3.8, 4) is 0 Å². The number of amides is 2. The van der Waals surface area contributed by atoms with Gasteiger partial charge in [0.2, 0.25) is 0 Å². The molecule has 1 fully saturated rings. The molecular weight excluding hydrogens is 254 g/mol. The van der Waals surface area contributed by atoms with Crippen molar-refractivity contribution in [2.45, 2.75) is 19.6 Å². The molecule has 1 atom stereocenters. The SMILES string of the molecule is CNC(=O)NCC1CN(Cc2ccc(C)cc2)CCO1. The smallest absolute Gasteiger partial charge is 0.314 e. The summed E-state index contributed by atoms with van der Waals surface area (Å²) in [6, 6.07) is 8.45. The molecule has 1 aromatic rings. The van der Waals surface area contributed by atoms with Gasteiger partial charge in [0.05, 0.1) is 12.7 Å². The van der Waals surface area contributed by atoms with Crippen LogP contribution in [0.1, 0.15) is 11.1 Å². The molecule has 0 bridgehead atoms. The topological polar surface area (TPSA) is 53.6 Å². The first-order chi connectivity index (χ1) is 9.67. The zero-order valence-corrected chi connectivity index (χ0v) is 12.2. The maximum absolute atomic E-state index is 11.2. The summed E-state index contributed by atoms with van der Waals surface area (Å²) >= 11 is 0. The van der Waals surface area contributed by atoms with E-state index in [0.29, 0.717) is 13.2 Å². The third-order valence-corrected chi connectivity index (χ3v) is 3.47. The van der Waals surface area contributed by atoms with Crippen LogP contribution < -0.4 is 10.6 Å². The predicted molar refractivity (Wildman–Crippen MR) is 78.7 cm³/mol. The van der Waals surface area contributed by atoms with Gasteiger partial charge in [-0.15, -0.1) is 0 Å². The van der Waals surface area contributed by atoms with Crippen LogP contribution in [0.3, 0.4) is 0 Å². The standard InChI is InChI=1S/C15H23N3O2/c1-12-3-5-13(6-4-12)10-18-7-8-20-14(11-18)9-17-15(19)16-2/h3-6,14H,7-11H2,1-2H3,(H2,16,17,19). The van der Waals surface area contributed by atoms with Gasteiger partial charge in [-0.3, -0.25) is 4.90 Å². The Morgan fingerprint density at radius 1 is 1.40 bits per heavy atom. The Kier molecular flexibility index (Phi) is 5.38. The molecule has 1 aromatic carbocycles. The van der Waals surface area contributed by atoms with Crippen LogP contribution in [0.25, 0.3) is 0 Å². The molecule has 1 unspecified atom stereocenters. The van der Waals surface area contributed by atoms with Gasteiger partial charge in [-0.2, -0.15) is 0 Å². The van der Waals surface area contributed by atoms with Gasteiger partial charge in [0, 0.05) is 33.2 Å². The summed E-state index contributed by atoms with van der Waals surface area (Å²) in [5, 5.41) is 5.33. The fraction of sp³-hybridized carbons (Fsp3) is 0.533. The lowest BCUT2D eigenvalue weighted by Crippen LogP contribution is -2.48. The second-order valence-corrected chi connectivity index (χ2v) is 5.17. The van der Waals surface area contributed by atoms with Crippen molar-refractivity contribution in [3.05, 3.63) is 35.4 Å². The summed E-state index contributed by atoms with van der Waals surface area (Å²) in [5.74, 6) is 0. The number of carbonyl (C=O) groups is 1. The number of morpholine rings is 1. The first-order valence-corrected chi connectivity index (χ1v) is 7.02. The lowest BCUT2D eigenvalue weighted by atomic mass is 10.1. The van der Waals surface area contributed by atoms with E-state index in [-0.39, 0.29) is 12.1 Å². The summed E-state index contributed by atoms with van der Waals surface area (Å²) in [7, 11) is 1.61. The molecule has 0 spiro atoms. The first kappa shape index (κ1) is 14.8. The van der Waals surface area contributed by atoms with Crippen LogP contribution in [0.5, 0.6) is 0 Å². The molecule has 1 aliphatic heterocycles. The summed E-state index contributed by atoms with van der Waals surface area (Å²) in [6.45, 7) is 6.07. The Bertz CT molecular complexity index is 433. The maximum Gasteiger partial charge on any atom is 0.314 e. The number of aryl methyl sites for hydroxylation is 1. The molecule has 2 N–H and O–H groups in total. The lowest BCUT2D eigenvalue weighted by molar-refractivity contribution is -0.0286. The van der Waals surface area contributed by atoms with E-state index in [0.717, 1.165) is 19.6 Å². The molecule has 2 amide bonds. The molecule has 20 heavy (non-hydrogen) atoms. The molecule has 110 valence electrons. The van der Waals surface area contributed by atoms with Gasteiger partial charge < -0.3 is 15.4 Å². The molecule has 1 aliphatic rings. The van der Waals surface area contributed by atoms with Crippen molar-refractivity contribution >= 4 is 6.03 Å². The number of carbonyl (C=O) groups excluding carboxylic acids is 1. The van der Waals surface area contributed by atoms with Crippen LogP contribution in [-0.2, 0) is 11.3 Å². The first-order valence-electron chi connectivity index (χ1n) is 7.02. The van der Waals surface area contributed by atoms with Crippen molar-refractivity contribution in [2.24, 2.45) is 0 Å². The Morgan fingerprint density at radius 3 is 2.85 bits per heavy atom. The van der Waals surface area contributed by atoms with E-state index in [1.807, 2.05) is 0 Å². The maximum atomic E-state index is 11.2. The van der Waals surface area contributed by atoms with E-state index in [9.17, 15) is 4.79 Å². The lowest BCUT2D eigenvalue weighted by Gasteiger charge is -2.33. The van der Waals surface area contributed by atoms with Crippen molar-refractivity contribution < 1.29 is 9.53 Å². The summed E-state index contributed by atoms with van der Waals surface area (Å²) in [4.78, 5) is 13.5. The minimum absolute atomic E-state index is 0.0616. The molecule has 0 aromatic heterocycles. The monoisotopic (exact) mass is 277 g/mol. The molecule has 1 saturated heterocycles. The van der Waals surface area contributed by atoms with Crippen LogP contribution >= 0.6 is 0 Å². The minimum Gasteiger partial charge on any atom is -0.374 e. The molecule has 5 nitrogen and oxygen atoms in total. The zero-order chi connectivity index (χ0) is 14.4. The van der Waals surface area contributed by atoms with Gasteiger partial charge in [-0.05, 0) is 12.5 Å². The Morgan fingerprint density at radius 2 is 2.15 bits per heavy atom. The fourth-order valence-corrected chi connectivity index (χ4v) is 2.29. The second kappa shape index (κ2) is 7.26. The minimum atomic E-state index is -0.163. The number of urea groups is 1. The van der Waals surface area contributed by atoms with E-state index < -0.39 is 0 Å². The Balaban J connectivity index is 1.81. The highest BCUT2D eigenvalue weighted by Gasteiger charge is 2.20. The molecule has 5 heteroatoms. The number of benzene rings is 1. The highest BCUT2D eigenvalue weighted by molar-refractivity contribution is 5.73. The number of nitrogens with zero attached hydrogens (tertiary/aromatic N) is 1. The van der Waals surface area contributed by atoms with Gasteiger partial charge in [0.15, 0.2) is 0 Å². The number of nitrogens with one attached hydrogen (secondary N) is 2. The molecule has 0 radical (unpaired) electrons.